The molecule has 0 atom stereocenters. The molecule has 1 aromatic heterocycles. The zero-order chi connectivity index (χ0) is 15.1. The van der Waals surface area contributed by atoms with Crippen LogP contribution in [0.5, 0.6) is 0 Å². The van der Waals surface area contributed by atoms with Gasteiger partial charge in [-0.15, -0.1) is 0 Å². The van der Waals surface area contributed by atoms with E-state index in [0.717, 1.165) is 15.9 Å². The Kier molecular flexibility index (Phi) is 2.66. The van der Waals surface area contributed by atoms with Gasteiger partial charge in [0.2, 0.25) is 0 Å². The lowest BCUT2D eigenvalue weighted by atomic mass is 10.1. The molecule has 5 nitrogen and oxygen atoms in total. The Morgan fingerprint density at radius 1 is 0.909 bits per heavy atom. The Bertz CT molecular complexity index is 872. The molecule has 22 heavy (non-hydrogen) atoms. The number of para-hydroxylation sites is 2. The molecule has 0 saturated carbocycles. The number of benzene rings is 2. The van der Waals surface area contributed by atoms with E-state index >= 15 is 0 Å². The second kappa shape index (κ2) is 4.66. The van der Waals surface area contributed by atoms with Gasteiger partial charge in [-0.1, -0.05) is 24.3 Å². The molecule has 1 aliphatic heterocycles. The molecule has 1 N–H and O–H groups in total. The van der Waals surface area contributed by atoms with Crippen molar-refractivity contribution in [2.75, 3.05) is 0 Å². The number of nitrogens with one attached hydrogen (secondary N) is 1. The van der Waals surface area contributed by atoms with Gasteiger partial charge >= 0.3 is 0 Å². The van der Waals surface area contributed by atoms with E-state index in [4.69, 9.17) is 0 Å². The number of hydrogen-bond acceptors (Lipinski definition) is 3. The van der Waals surface area contributed by atoms with Gasteiger partial charge in [0.15, 0.2) is 0 Å². The minimum Gasteiger partial charge on any atom is -0.338 e. The first-order valence-electron chi connectivity index (χ1n) is 6.84. The summed E-state index contributed by atoms with van der Waals surface area (Å²) in [5, 5.41) is 0. The predicted octanol–water partition coefficient (Wildman–Crippen LogP) is 2.83. The van der Waals surface area contributed by atoms with E-state index in [9.17, 15) is 9.59 Å². The first-order valence-corrected chi connectivity index (χ1v) is 6.84. The van der Waals surface area contributed by atoms with Gasteiger partial charge < -0.3 is 4.98 Å². The van der Waals surface area contributed by atoms with Crippen LogP contribution in [0, 0.1) is 0 Å². The van der Waals surface area contributed by atoms with E-state index in [0.29, 0.717) is 17.0 Å². The summed E-state index contributed by atoms with van der Waals surface area (Å²) in [4.78, 5) is 33.1. The highest BCUT2D eigenvalue weighted by atomic mass is 16.2. The van der Waals surface area contributed by atoms with Crippen LogP contribution in [-0.2, 0) is 0 Å². The average Bonchev–Trinajstić information content (AvgIpc) is 3.06. The maximum Gasteiger partial charge on any atom is 0.265 e. The third kappa shape index (κ3) is 1.83. The SMILES string of the molecule is O=C1c2ccccc2C(=O)N1/C=C/c1nc2ccccc2[nH]1. The molecule has 4 rings (SSSR count). The number of aromatic amines is 1. The molecule has 0 spiro atoms. The largest absolute Gasteiger partial charge is 0.338 e. The van der Waals surface area contributed by atoms with Crippen molar-refractivity contribution in [3.63, 3.8) is 0 Å². The van der Waals surface area contributed by atoms with Crippen molar-refractivity contribution in [1.82, 2.24) is 14.9 Å². The van der Waals surface area contributed by atoms with Crippen LogP contribution in [-0.4, -0.2) is 26.7 Å². The molecule has 0 fully saturated rings. The Labute approximate surface area is 125 Å². The first-order chi connectivity index (χ1) is 10.7. The van der Waals surface area contributed by atoms with Crippen LogP contribution in [0.25, 0.3) is 17.1 Å². The zero-order valence-corrected chi connectivity index (χ0v) is 11.5. The maximum absolute atomic E-state index is 12.2. The van der Waals surface area contributed by atoms with Crippen LogP contribution >= 0.6 is 0 Å². The fraction of sp³-hybridized carbons (Fsp3) is 0. The monoisotopic (exact) mass is 289 g/mol. The summed E-state index contributed by atoms with van der Waals surface area (Å²) in [6.45, 7) is 0. The molecule has 1 aliphatic rings. The quantitative estimate of drug-likeness (QED) is 0.738. The van der Waals surface area contributed by atoms with Gasteiger partial charge in [-0.25, -0.2) is 9.88 Å². The van der Waals surface area contributed by atoms with Crippen LogP contribution in [0.15, 0.2) is 54.7 Å². The number of imide groups is 1. The average molecular weight is 289 g/mol. The summed E-state index contributed by atoms with van der Waals surface area (Å²) in [5.41, 5.74) is 2.61. The predicted molar refractivity (Wildman–Crippen MR) is 82.1 cm³/mol. The zero-order valence-electron chi connectivity index (χ0n) is 11.5. The van der Waals surface area contributed by atoms with Gasteiger partial charge in [0.25, 0.3) is 11.8 Å². The summed E-state index contributed by atoms with van der Waals surface area (Å²) in [6, 6.07) is 14.4. The lowest BCUT2D eigenvalue weighted by Gasteiger charge is -2.05. The van der Waals surface area contributed by atoms with Crippen LogP contribution in [0.3, 0.4) is 0 Å². The van der Waals surface area contributed by atoms with Crippen molar-refractivity contribution in [2.45, 2.75) is 0 Å². The van der Waals surface area contributed by atoms with Crippen LogP contribution in [0.2, 0.25) is 0 Å². The van der Waals surface area contributed by atoms with Crippen molar-refractivity contribution in [3.05, 3.63) is 71.7 Å². The lowest BCUT2D eigenvalue weighted by molar-refractivity contribution is 0.0722. The van der Waals surface area contributed by atoms with Gasteiger partial charge in [-0.05, 0) is 30.3 Å². The minimum atomic E-state index is -0.312. The summed E-state index contributed by atoms with van der Waals surface area (Å²) < 4.78 is 0. The van der Waals surface area contributed by atoms with E-state index in [-0.39, 0.29) is 11.8 Å². The van der Waals surface area contributed by atoms with Crippen LogP contribution < -0.4 is 0 Å². The molecule has 0 unspecified atom stereocenters. The molecule has 2 aromatic carbocycles. The van der Waals surface area contributed by atoms with Crippen molar-refractivity contribution in [1.29, 1.82) is 0 Å². The number of hydrogen-bond donors (Lipinski definition) is 1. The van der Waals surface area contributed by atoms with Gasteiger partial charge in [-0.3, -0.25) is 9.59 Å². The van der Waals surface area contributed by atoms with Crippen LogP contribution in [0.1, 0.15) is 26.5 Å². The van der Waals surface area contributed by atoms with Crippen LogP contribution in [0.4, 0.5) is 0 Å². The molecule has 2 amide bonds. The van der Waals surface area contributed by atoms with E-state index in [1.54, 1.807) is 30.3 Å². The van der Waals surface area contributed by atoms with E-state index in [2.05, 4.69) is 9.97 Å². The number of nitrogens with zero attached hydrogens (tertiary/aromatic N) is 2. The minimum absolute atomic E-state index is 0.312. The second-order valence-corrected chi connectivity index (χ2v) is 4.98. The molecule has 0 aliphatic carbocycles. The normalized spacial score (nSPS) is 14.3. The summed E-state index contributed by atoms with van der Waals surface area (Å²) in [5.74, 6) is -0.0290. The van der Waals surface area contributed by atoms with Gasteiger partial charge in [-0.2, -0.15) is 0 Å². The smallest absolute Gasteiger partial charge is 0.265 e. The number of imidazole rings is 1. The van der Waals surface area contributed by atoms with Gasteiger partial charge in [0.1, 0.15) is 5.82 Å². The van der Waals surface area contributed by atoms with Gasteiger partial charge in [0.05, 0.1) is 22.2 Å². The van der Waals surface area contributed by atoms with Crippen molar-refractivity contribution < 1.29 is 9.59 Å². The highest BCUT2D eigenvalue weighted by molar-refractivity contribution is 6.22. The number of H-pyrrole nitrogens is 1. The third-order valence-corrected chi connectivity index (χ3v) is 3.61. The van der Waals surface area contributed by atoms with Gasteiger partial charge in [0, 0.05) is 6.20 Å². The Morgan fingerprint density at radius 2 is 1.55 bits per heavy atom. The highest BCUT2D eigenvalue weighted by Crippen LogP contribution is 2.23. The number of carbonyl (C=O) groups is 2. The molecular formula is C17H11N3O2. The molecule has 0 radical (unpaired) electrons. The standard InChI is InChI=1S/C17H11N3O2/c21-16-11-5-1-2-6-12(11)17(22)20(16)10-9-15-18-13-7-3-4-8-14(13)19-15/h1-10H,(H,18,19)/b10-9+. The Balaban J connectivity index is 1.66. The number of rotatable bonds is 2. The highest BCUT2D eigenvalue weighted by Gasteiger charge is 2.33. The molecule has 0 bridgehead atoms. The molecule has 0 saturated heterocycles. The number of fused-ring (bicyclic) bond motifs is 2. The fourth-order valence-electron chi connectivity index (χ4n) is 2.54. The van der Waals surface area contributed by atoms with E-state index < -0.39 is 0 Å². The number of carbonyl (C=O) groups excluding carboxylic acids is 2. The Morgan fingerprint density at radius 3 is 2.23 bits per heavy atom. The van der Waals surface area contributed by atoms with E-state index in [1.165, 1.54) is 6.20 Å². The number of aromatic nitrogens is 2. The second-order valence-electron chi connectivity index (χ2n) is 4.98. The van der Waals surface area contributed by atoms with Crippen molar-refractivity contribution >= 4 is 28.9 Å². The summed E-state index contributed by atoms with van der Waals surface area (Å²) >= 11 is 0. The van der Waals surface area contributed by atoms with E-state index in [1.807, 2.05) is 24.3 Å². The number of amides is 2. The fourth-order valence-corrected chi connectivity index (χ4v) is 2.54. The van der Waals surface area contributed by atoms with Crippen molar-refractivity contribution in [2.24, 2.45) is 0 Å². The Hall–Kier alpha value is -3.21. The first kappa shape index (κ1) is 12.5. The topological polar surface area (TPSA) is 66.1 Å². The lowest BCUT2D eigenvalue weighted by Crippen LogP contribution is -2.23. The molecule has 5 heteroatoms. The summed E-state index contributed by atoms with van der Waals surface area (Å²) in [7, 11) is 0. The molecule has 106 valence electrons. The van der Waals surface area contributed by atoms with Crippen molar-refractivity contribution in [3.8, 4) is 0 Å². The molecule has 2 heterocycles. The summed E-state index contributed by atoms with van der Waals surface area (Å²) in [6.07, 6.45) is 3.09. The third-order valence-electron chi connectivity index (χ3n) is 3.61. The molecule has 3 aromatic rings. The maximum atomic E-state index is 12.2. The molecular weight excluding hydrogens is 278 g/mol.